The molecule has 0 radical (unpaired) electrons. The maximum Gasteiger partial charge on any atom is 0.233 e. The third-order valence-corrected chi connectivity index (χ3v) is 7.03. The van der Waals surface area contributed by atoms with E-state index in [1.54, 1.807) is 25.1 Å². The Labute approximate surface area is 138 Å². The Hall–Kier alpha value is -0.430. The van der Waals surface area contributed by atoms with Gasteiger partial charge in [0, 0.05) is 10.9 Å². The molecule has 8 heteroatoms. The van der Waals surface area contributed by atoms with Crippen LogP contribution < -0.4 is 5.32 Å². The number of nitrogens with one attached hydrogen (secondary N) is 1. The zero-order valence-corrected chi connectivity index (χ0v) is 14.5. The second-order valence-electron chi connectivity index (χ2n) is 4.92. The molecule has 1 aromatic carbocycles. The van der Waals surface area contributed by atoms with Crippen LogP contribution in [0.3, 0.4) is 0 Å². The molecule has 4 nitrogen and oxygen atoms in total. The third kappa shape index (κ3) is 4.52. The molecule has 0 unspecified atom stereocenters. The fourth-order valence-corrected chi connectivity index (χ4v) is 5.28. The number of amides is 1. The van der Waals surface area contributed by atoms with Crippen molar-refractivity contribution in [3.63, 3.8) is 0 Å². The molecule has 1 N–H and O–H groups in total. The molecule has 0 spiro atoms. The highest BCUT2D eigenvalue weighted by atomic mass is 35.5. The molecule has 1 amide bonds. The summed E-state index contributed by atoms with van der Waals surface area (Å²) in [4.78, 5) is 12.8. The van der Waals surface area contributed by atoms with Gasteiger partial charge < -0.3 is 5.32 Å². The van der Waals surface area contributed by atoms with E-state index >= 15 is 0 Å². The minimum absolute atomic E-state index is 0.0168. The van der Waals surface area contributed by atoms with Gasteiger partial charge in [0.2, 0.25) is 5.91 Å². The molecule has 2 rings (SSSR count). The minimum atomic E-state index is -3.00. The second kappa shape index (κ2) is 6.77. The molecule has 0 bridgehead atoms. The van der Waals surface area contributed by atoms with Crippen LogP contribution in [0, 0.1) is 0 Å². The lowest BCUT2D eigenvalue weighted by Crippen LogP contribution is -2.39. The van der Waals surface area contributed by atoms with Crippen molar-refractivity contribution in [2.45, 2.75) is 29.5 Å². The number of thioether (sulfide) groups is 1. The molecule has 1 fully saturated rings. The summed E-state index contributed by atoms with van der Waals surface area (Å²) in [6, 6.07) is 4.86. The van der Waals surface area contributed by atoms with E-state index < -0.39 is 15.1 Å². The van der Waals surface area contributed by atoms with E-state index in [1.165, 1.54) is 11.8 Å². The lowest BCUT2D eigenvalue weighted by atomic mass is 10.2. The summed E-state index contributed by atoms with van der Waals surface area (Å²) in [5, 5.41) is 3.35. The zero-order chi connectivity index (χ0) is 15.6. The molecule has 1 aliphatic heterocycles. The van der Waals surface area contributed by atoms with Crippen LogP contribution in [0.25, 0.3) is 0 Å². The van der Waals surface area contributed by atoms with Crippen LogP contribution in [0.5, 0.6) is 0 Å². The monoisotopic (exact) mass is 367 g/mol. The van der Waals surface area contributed by atoms with E-state index in [0.29, 0.717) is 21.4 Å². The van der Waals surface area contributed by atoms with Gasteiger partial charge in [-0.1, -0.05) is 29.3 Å². The summed E-state index contributed by atoms with van der Waals surface area (Å²) in [6.45, 7) is 1.74. The number of sulfone groups is 1. The van der Waals surface area contributed by atoms with Crippen LogP contribution >= 0.6 is 35.0 Å². The molecule has 0 aromatic heterocycles. The molecule has 1 saturated heterocycles. The largest absolute Gasteiger partial charge is 0.351 e. The van der Waals surface area contributed by atoms with Crippen LogP contribution in [-0.4, -0.2) is 37.1 Å². The number of rotatable bonds is 4. The Morgan fingerprint density at radius 3 is 2.52 bits per heavy atom. The Morgan fingerprint density at radius 2 is 2.00 bits per heavy atom. The molecule has 21 heavy (non-hydrogen) atoms. The molecule has 0 aliphatic carbocycles. The molecule has 0 saturated carbocycles. The van der Waals surface area contributed by atoms with Crippen molar-refractivity contribution in [2.24, 2.45) is 0 Å². The Morgan fingerprint density at radius 1 is 1.38 bits per heavy atom. The number of benzene rings is 1. The molecule has 1 heterocycles. The van der Waals surface area contributed by atoms with Gasteiger partial charge in [-0.15, -0.1) is 11.8 Å². The van der Waals surface area contributed by atoms with Crippen molar-refractivity contribution in [2.75, 3.05) is 11.5 Å². The van der Waals surface area contributed by atoms with Crippen molar-refractivity contribution >= 4 is 50.7 Å². The van der Waals surface area contributed by atoms with Crippen molar-refractivity contribution < 1.29 is 13.2 Å². The van der Waals surface area contributed by atoms with E-state index in [-0.39, 0.29) is 23.5 Å². The van der Waals surface area contributed by atoms with Crippen LogP contribution in [0.15, 0.2) is 23.1 Å². The van der Waals surface area contributed by atoms with Gasteiger partial charge in [0.1, 0.15) is 0 Å². The fourth-order valence-electron chi connectivity index (χ4n) is 2.05. The Balaban J connectivity index is 1.97. The predicted molar refractivity (Wildman–Crippen MR) is 87.0 cm³/mol. The van der Waals surface area contributed by atoms with E-state index in [4.69, 9.17) is 23.2 Å². The highest BCUT2D eigenvalue weighted by Crippen LogP contribution is 2.36. The standard InChI is InChI=1S/C13H15Cl2NO3S2/c1-8(20-12-10(14)3-2-4-11(12)15)13(17)16-9-5-6-21(18,19)7-9/h2-4,8-9H,5-7H2,1H3,(H,16,17)/t8-,9+/m1/s1. The second-order valence-corrected chi connectivity index (χ2v) is 9.31. The van der Waals surface area contributed by atoms with E-state index in [1.807, 2.05) is 0 Å². The lowest BCUT2D eigenvalue weighted by molar-refractivity contribution is -0.120. The molecule has 1 aliphatic rings. The van der Waals surface area contributed by atoms with E-state index in [0.717, 1.165) is 0 Å². The van der Waals surface area contributed by atoms with Gasteiger partial charge >= 0.3 is 0 Å². The normalized spacial score (nSPS) is 22.0. The van der Waals surface area contributed by atoms with E-state index in [2.05, 4.69) is 5.32 Å². The zero-order valence-electron chi connectivity index (χ0n) is 11.3. The summed E-state index contributed by atoms with van der Waals surface area (Å²) in [7, 11) is -3.00. The summed E-state index contributed by atoms with van der Waals surface area (Å²) >= 11 is 13.4. The van der Waals surface area contributed by atoms with Crippen LogP contribution in [0.2, 0.25) is 10.0 Å². The quantitative estimate of drug-likeness (QED) is 0.831. The first-order chi connectivity index (χ1) is 9.78. The number of carbonyl (C=O) groups is 1. The van der Waals surface area contributed by atoms with Crippen molar-refractivity contribution in [1.29, 1.82) is 0 Å². The fraction of sp³-hybridized carbons (Fsp3) is 0.462. The van der Waals surface area contributed by atoms with Gasteiger partial charge in [0.25, 0.3) is 0 Å². The molecular formula is C13H15Cl2NO3S2. The summed E-state index contributed by atoms with van der Waals surface area (Å²) in [6.07, 6.45) is 0.471. The predicted octanol–water partition coefficient (Wildman–Crippen LogP) is 2.78. The topological polar surface area (TPSA) is 63.2 Å². The first-order valence-corrected chi connectivity index (χ1v) is 9.85. The number of halogens is 2. The maximum atomic E-state index is 12.1. The van der Waals surface area contributed by atoms with Crippen LogP contribution in [0.1, 0.15) is 13.3 Å². The highest BCUT2D eigenvalue weighted by molar-refractivity contribution is 8.00. The minimum Gasteiger partial charge on any atom is -0.351 e. The average Bonchev–Trinajstić information content (AvgIpc) is 2.73. The summed E-state index contributed by atoms with van der Waals surface area (Å²) < 4.78 is 22.8. The number of hydrogen-bond acceptors (Lipinski definition) is 4. The molecule has 1 aromatic rings. The average molecular weight is 368 g/mol. The van der Waals surface area contributed by atoms with Crippen molar-refractivity contribution in [3.05, 3.63) is 28.2 Å². The molecule has 2 atom stereocenters. The van der Waals surface area contributed by atoms with Gasteiger partial charge in [0.05, 0.1) is 26.8 Å². The van der Waals surface area contributed by atoms with Crippen molar-refractivity contribution in [1.82, 2.24) is 5.32 Å². The summed E-state index contributed by atoms with van der Waals surface area (Å²) in [5.41, 5.74) is 0. The van der Waals surface area contributed by atoms with Gasteiger partial charge in [-0.25, -0.2) is 8.42 Å². The summed E-state index contributed by atoms with van der Waals surface area (Å²) in [5.74, 6) is -0.0585. The van der Waals surface area contributed by atoms with Crippen molar-refractivity contribution in [3.8, 4) is 0 Å². The maximum absolute atomic E-state index is 12.1. The molecule has 116 valence electrons. The third-order valence-electron chi connectivity index (χ3n) is 3.16. The first-order valence-electron chi connectivity index (χ1n) is 6.40. The smallest absolute Gasteiger partial charge is 0.233 e. The lowest BCUT2D eigenvalue weighted by Gasteiger charge is -2.16. The van der Waals surface area contributed by atoms with Crippen LogP contribution in [0.4, 0.5) is 0 Å². The SMILES string of the molecule is C[C@@H](Sc1c(Cl)cccc1Cl)C(=O)N[C@H]1CCS(=O)(=O)C1. The number of hydrogen-bond donors (Lipinski definition) is 1. The first kappa shape index (κ1) is 16.9. The number of carbonyl (C=O) groups excluding carboxylic acids is 1. The van der Waals surface area contributed by atoms with Crippen LogP contribution in [-0.2, 0) is 14.6 Å². The van der Waals surface area contributed by atoms with Gasteiger partial charge in [0.15, 0.2) is 9.84 Å². The highest BCUT2D eigenvalue weighted by Gasteiger charge is 2.30. The Kier molecular flexibility index (Phi) is 5.46. The van der Waals surface area contributed by atoms with Gasteiger partial charge in [-0.2, -0.15) is 0 Å². The Bertz CT molecular complexity index is 629. The van der Waals surface area contributed by atoms with Gasteiger partial charge in [-0.3, -0.25) is 4.79 Å². The van der Waals surface area contributed by atoms with Gasteiger partial charge in [-0.05, 0) is 25.5 Å². The molecular weight excluding hydrogens is 353 g/mol. The van der Waals surface area contributed by atoms with E-state index in [9.17, 15) is 13.2 Å².